The van der Waals surface area contributed by atoms with Crippen molar-refractivity contribution in [3.05, 3.63) is 28.0 Å². The molecule has 0 radical (unpaired) electrons. The second-order valence-electron chi connectivity index (χ2n) is 2.81. The maximum absolute atomic E-state index is 12.6. The van der Waals surface area contributed by atoms with E-state index >= 15 is 0 Å². The van der Waals surface area contributed by atoms with Gasteiger partial charge in [-0.2, -0.15) is 5.26 Å². The van der Waals surface area contributed by atoms with Crippen molar-refractivity contribution in [1.29, 1.82) is 5.26 Å². The molecule has 0 spiro atoms. The van der Waals surface area contributed by atoms with Gasteiger partial charge in [0.25, 0.3) is 6.43 Å². The van der Waals surface area contributed by atoms with E-state index < -0.39 is 6.43 Å². The van der Waals surface area contributed by atoms with E-state index in [9.17, 15) is 8.78 Å². The molecule has 80 valence electrons. The van der Waals surface area contributed by atoms with Gasteiger partial charge in [-0.15, -0.1) is 0 Å². The predicted octanol–water partition coefficient (Wildman–Crippen LogP) is 2.20. The average molecular weight is 232 g/mol. The fourth-order valence-corrected chi connectivity index (χ4v) is 1.53. The molecule has 0 saturated carbocycles. The minimum absolute atomic E-state index is 0.00355. The van der Waals surface area contributed by atoms with Gasteiger partial charge in [0.05, 0.1) is 18.1 Å². The van der Waals surface area contributed by atoms with Crippen LogP contribution in [0.5, 0.6) is 0 Å². The molecule has 0 saturated heterocycles. The van der Waals surface area contributed by atoms with Crippen LogP contribution in [-0.4, -0.2) is 4.98 Å². The molecule has 0 aromatic carbocycles. The Morgan fingerprint density at radius 1 is 1.60 bits per heavy atom. The van der Waals surface area contributed by atoms with Crippen LogP contribution in [0.25, 0.3) is 0 Å². The third-order valence-corrected chi connectivity index (χ3v) is 2.26. The molecule has 1 rings (SSSR count). The standard InChI is InChI=1S/C9H8ClF2N3/c10-8-7(9(11)12)6(3-14)5(1-2-13)4-15-8/h4,9H,1,3,14H2. The summed E-state index contributed by atoms with van der Waals surface area (Å²) in [6.45, 7) is -0.0844. The van der Waals surface area contributed by atoms with Crippen molar-refractivity contribution in [3.63, 3.8) is 0 Å². The third kappa shape index (κ3) is 2.41. The lowest BCUT2D eigenvalue weighted by atomic mass is 10.0. The van der Waals surface area contributed by atoms with Crippen LogP contribution in [0.3, 0.4) is 0 Å². The normalized spacial score (nSPS) is 10.4. The molecule has 0 aliphatic rings. The van der Waals surface area contributed by atoms with Crippen molar-refractivity contribution in [1.82, 2.24) is 4.98 Å². The highest BCUT2D eigenvalue weighted by Crippen LogP contribution is 2.30. The minimum atomic E-state index is -2.73. The number of pyridine rings is 1. The van der Waals surface area contributed by atoms with Crippen LogP contribution in [0.2, 0.25) is 5.15 Å². The van der Waals surface area contributed by atoms with Crippen LogP contribution in [0.4, 0.5) is 8.78 Å². The second kappa shape index (κ2) is 5.01. The van der Waals surface area contributed by atoms with Crippen LogP contribution < -0.4 is 5.73 Å². The molecular formula is C9H8ClF2N3. The van der Waals surface area contributed by atoms with E-state index in [1.165, 1.54) is 6.20 Å². The van der Waals surface area contributed by atoms with Gasteiger partial charge in [-0.1, -0.05) is 11.6 Å². The number of halogens is 3. The molecule has 0 atom stereocenters. The summed E-state index contributed by atoms with van der Waals surface area (Å²) in [4.78, 5) is 3.61. The summed E-state index contributed by atoms with van der Waals surface area (Å²) in [7, 11) is 0. The van der Waals surface area contributed by atoms with E-state index in [4.69, 9.17) is 22.6 Å². The monoisotopic (exact) mass is 231 g/mol. The number of hydrogen-bond donors (Lipinski definition) is 1. The minimum Gasteiger partial charge on any atom is -0.326 e. The van der Waals surface area contributed by atoms with Crippen LogP contribution in [0, 0.1) is 11.3 Å². The van der Waals surface area contributed by atoms with Crippen molar-refractivity contribution >= 4 is 11.6 Å². The number of aromatic nitrogens is 1. The molecule has 0 aliphatic carbocycles. The summed E-state index contributed by atoms with van der Waals surface area (Å²) < 4.78 is 25.3. The van der Waals surface area contributed by atoms with Gasteiger partial charge in [0.2, 0.25) is 0 Å². The Morgan fingerprint density at radius 2 is 2.27 bits per heavy atom. The van der Waals surface area contributed by atoms with Crippen molar-refractivity contribution in [2.24, 2.45) is 5.73 Å². The van der Waals surface area contributed by atoms with Gasteiger partial charge < -0.3 is 5.73 Å². The molecule has 3 nitrogen and oxygen atoms in total. The molecule has 0 bridgehead atoms. The summed E-state index contributed by atoms with van der Waals surface area (Å²) >= 11 is 5.55. The Hall–Kier alpha value is -1.25. The zero-order valence-corrected chi connectivity index (χ0v) is 8.43. The fourth-order valence-electron chi connectivity index (χ4n) is 1.28. The average Bonchev–Trinajstić information content (AvgIpc) is 2.19. The molecule has 0 aliphatic heterocycles. The summed E-state index contributed by atoms with van der Waals surface area (Å²) in [5.41, 5.74) is 5.61. The number of rotatable bonds is 3. The molecule has 6 heteroatoms. The first-order valence-corrected chi connectivity index (χ1v) is 4.51. The van der Waals surface area contributed by atoms with Gasteiger partial charge in [0.15, 0.2) is 0 Å². The molecule has 0 unspecified atom stereocenters. The van der Waals surface area contributed by atoms with Crippen molar-refractivity contribution in [2.45, 2.75) is 19.4 Å². The molecule has 0 amide bonds. The zero-order valence-electron chi connectivity index (χ0n) is 7.67. The predicted molar refractivity (Wildman–Crippen MR) is 51.4 cm³/mol. The number of alkyl halides is 2. The first-order valence-electron chi connectivity index (χ1n) is 4.13. The molecule has 1 aromatic heterocycles. The Bertz CT molecular complexity index is 401. The van der Waals surface area contributed by atoms with Gasteiger partial charge >= 0.3 is 0 Å². The highest BCUT2D eigenvalue weighted by atomic mass is 35.5. The first kappa shape index (κ1) is 11.8. The largest absolute Gasteiger partial charge is 0.326 e. The molecule has 1 heterocycles. The van der Waals surface area contributed by atoms with Gasteiger partial charge in [-0.3, -0.25) is 0 Å². The number of hydrogen-bond acceptors (Lipinski definition) is 3. The molecule has 15 heavy (non-hydrogen) atoms. The zero-order chi connectivity index (χ0) is 11.4. The number of nitriles is 1. The number of nitrogens with two attached hydrogens (primary N) is 1. The molecular weight excluding hydrogens is 224 g/mol. The third-order valence-electron chi connectivity index (χ3n) is 1.96. The fraction of sp³-hybridized carbons (Fsp3) is 0.333. The Labute approximate surface area is 90.5 Å². The molecule has 2 N–H and O–H groups in total. The van der Waals surface area contributed by atoms with E-state index in [1.807, 2.05) is 6.07 Å². The van der Waals surface area contributed by atoms with E-state index in [0.29, 0.717) is 5.56 Å². The number of nitrogens with zero attached hydrogens (tertiary/aromatic N) is 2. The topological polar surface area (TPSA) is 62.7 Å². The summed E-state index contributed by atoms with van der Waals surface area (Å²) in [6.07, 6.45) is -1.43. The SMILES string of the molecule is N#CCc1cnc(Cl)c(C(F)F)c1CN. The van der Waals surface area contributed by atoms with Crippen LogP contribution in [0.15, 0.2) is 6.20 Å². The van der Waals surface area contributed by atoms with Gasteiger partial charge in [0, 0.05) is 12.7 Å². The van der Waals surface area contributed by atoms with E-state index in [-0.39, 0.29) is 29.2 Å². The maximum Gasteiger partial charge on any atom is 0.267 e. The quantitative estimate of drug-likeness (QED) is 0.811. The summed E-state index contributed by atoms with van der Waals surface area (Å²) in [6, 6.07) is 1.86. The van der Waals surface area contributed by atoms with E-state index in [1.54, 1.807) is 0 Å². The van der Waals surface area contributed by atoms with Crippen LogP contribution >= 0.6 is 11.6 Å². The van der Waals surface area contributed by atoms with Crippen molar-refractivity contribution in [3.8, 4) is 6.07 Å². The highest BCUT2D eigenvalue weighted by Gasteiger charge is 2.20. The lowest BCUT2D eigenvalue weighted by molar-refractivity contribution is 0.150. The Balaban J connectivity index is 3.34. The molecule has 1 aromatic rings. The summed E-state index contributed by atoms with van der Waals surface area (Å²) in [5, 5.41) is 8.24. The second-order valence-corrected chi connectivity index (χ2v) is 3.16. The lowest BCUT2D eigenvalue weighted by Gasteiger charge is -2.11. The van der Waals surface area contributed by atoms with Gasteiger partial charge in [-0.25, -0.2) is 13.8 Å². The molecule has 0 fully saturated rings. The first-order chi connectivity index (χ1) is 7.11. The van der Waals surface area contributed by atoms with Crippen molar-refractivity contribution in [2.75, 3.05) is 0 Å². The highest BCUT2D eigenvalue weighted by molar-refractivity contribution is 6.30. The maximum atomic E-state index is 12.6. The Kier molecular flexibility index (Phi) is 3.95. The van der Waals surface area contributed by atoms with Crippen molar-refractivity contribution < 1.29 is 8.78 Å². The summed E-state index contributed by atoms with van der Waals surface area (Å²) in [5.74, 6) is 0. The van der Waals surface area contributed by atoms with Crippen LogP contribution in [-0.2, 0) is 13.0 Å². The van der Waals surface area contributed by atoms with E-state index in [0.717, 1.165) is 0 Å². The smallest absolute Gasteiger partial charge is 0.267 e. The van der Waals surface area contributed by atoms with Gasteiger partial charge in [-0.05, 0) is 11.1 Å². The van der Waals surface area contributed by atoms with Gasteiger partial charge in [0.1, 0.15) is 5.15 Å². The lowest BCUT2D eigenvalue weighted by Crippen LogP contribution is -2.08. The Morgan fingerprint density at radius 3 is 2.73 bits per heavy atom. The van der Waals surface area contributed by atoms with Crippen LogP contribution in [0.1, 0.15) is 23.1 Å². The van der Waals surface area contributed by atoms with E-state index in [2.05, 4.69) is 4.98 Å².